The number of rotatable bonds is 2. The van der Waals surface area contributed by atoms with Crippen LogP contribution in [0.25, 0.3) is 10.8 Å². The zero-order chi connectivity index (χ0) is 13.4. The van der Waals surface area contributed by atoms with Crippen molar-refractivity contribution in [2.45, 2.75) is 0 Å². The summed E-state index contributed by atoms with van der Waals surface area (Å²) in [7, 11) is 0. The lowest BCUT2D eigenvalue weighted by Gasteiger charge is -2.04. The molecule has 0 spiro atoms. The van der Waals surface area contributed by atoms with Crippen LogP contribution in [0.15, 0.2) is 24.3 Å². The molecule has 0 heterocycles. The summed E-state index contributed by atoms with van der Waals surface area (Å²) in [6.07, 6.45) is 0. The van der Waals surface area contributed by atoms with E-state index in [0.29, 0.717) is 0 Å². The predicted molar refractivity (Wildman–Crippen MR) is 60.6 cm³/mol. The van der Waals surface area contributed by atoms with Crippen LogP contribution in [0.2, 0.25) is 0 Å². The molecule has 0 unspecified atom stereocenters. The van der Waals surface area contributed by atoms with E-state index in [2.05, 4.69) is 0 Å². The van der Waals surface area contributed by atoms with Crippen molar-refractivity contribution < 1.29 is 20.1 Å². The minimum absolute atomic E-state index is 0.0210. The quantitative estimate of drug-likeness (QED) is 0.620. The van der Waals surface area contributed by atoms with E-state index < -0.39 is 32.7 Å². The van der Waals surface area contributed by atoms with Crippen molar-refractivity contribution in [1.82, 2.24) is 0 Å². The molecule has 0 aliphatic heterocycles. The molecule has 0 amide bonds. The van der Waals surface area contributed by atoms with E-state index in [1.54, 1.807) is 0 Å². The Hall–Kier alpha value is -2.90. The summed E-state index contributed by atoms with van der Waals surface area (Å²) in [6.45, 7) is 0. The number of nitrogens with zero attached hydrogens (tertiary/aromatic N) is 2. The molecule has 8 heteroatoms. The summed E-state index contributed by atoms with van der Waals surface area (Å²) in [5.74, 6) is -1.27. The first-order chi connectivity index (χ1) is 8.43. The fourth-order valence-corrected chi connectivity index (χ4v) is 1.65. The molecule has 0 aromatic heterocycles. The summed E-state index contributed by atoms with van der Waals surface area (Å²) in [4.78, 5) is 19.6. The summed E-state index contributed by atoms with van der Waals surface area (Å²) in [6, 6.07) is 4.24. The third kappa shape index (κ3) is 1.56. The molecule has 0 radical (unpaired) electrons. The minimum atomic E-state index is -0.784. The van der Waals surface area contributed by atoms with Crippen LogP contribution < -0.4 is 0 Å². The molecule has 0 aliphatic rings. The highest BCUT2D eigenvalue weighted by atomic mass is 16.6. The van der Waals surface area contributed by atoms with Crippen molar-refractivity contribution in [2.75, 3.05) is 0 Å². The van der Waals surface area contributed by atoms with Gasteiger partial charge in [0, 0.05) is 22.9 Å². The number of nitro groups is 2. The second-order valence-corrected chi connectivity index (χ2v) is 3.48. The van der Waals surface area contributed by atoms with Crippen molar-refractivity contribution in [3.63, 3.8) is 0 Å². The molecule has 0 bridgehead atoms. The average Bonchev–Trinajstić information content (AvgIpc) is 2.29. The number of benzene rings is 2. The zero-order valence-electron chi connectivity index (χ0n) is 8.73. The average molecular weight is 250 g/mol. The first-order valence-corrected chi connectivity index (χ1v) is 4.70. The number of aromatic hydroxyl groups is 2. The zero-order valence-corrected chi connectivity index (χ0v) is 8.73. The van der Waals surface area contributed by atoms with Gasteiger partial charge in [0.25, 0.3) is 0 Å². The standard InChI is InChI=1S/C10H6N2O6/c13-9-5-1-3-7(11(15)16)10(14)6(5)2-4-8(9)12(17)18/h1-4,13-14H. The van der Waals surface area contributed by atoms with Gasteiger partial charge in [-0.2, -0.15) is 0 Å². The van der Waals surface area contributed by atoms with Gasteiger partial charge in [-0.3, -0.25) is 20.2 Å². The number of nitro benzene ring substituents is 2. The Morgan fingerprint density at radius 1 is 0.778 bits per heavy atom. The second-order valence-electron chi connectivity index (χ2n) is 3.48. The summed E-state index contributed by atoms with van der Waals surface area (Å²) >= 11 is 0. The molecule has 0 saturated carbocycles. The lowest BCUT2D eigenvalue weighted by molar-refractivity contribution is -0.386. The van der Waals surface area contributed by atoms with E-state index in [1.807, 2.05) is 0 Å². The van der Waals surface area contributed by atoms with Gasteiger partial charge in [0.1, 0.15) is 0 Å². The Kier molecular flexibility index (Phi) is 2.47. The fraction of sp³-hybridized carbons (Fsp3) is 0. The van der Waals surface area contributed by atoms with Gasteiger partial charge in [-0.15, -0.1) is 0 Å². The van der Waals surface area contributed by atoms with Crippen LogP contribution in [0.3, 0.4) is 0 Å². The van der Waals surface area contributed by atoms with E-state index in [-0.39, 0.29) is 10.8 Å². The smallest absolute Gasteiger partial charge is 0.311 e. The minimum Gasteiger partial charge on any atom is -0.502 e. The van der Waals surface area contributed by atoms with E-state index in [9.17, 15) is 30.4 Å². The van der Waals surface area contributed by atoms with E-state index in [0.717, 1.165) is 24.3 Å². The third-order valence-electron chi connectivity index (χ3n) is 2.49. The van der Waals surface area contributed by atoms with Crippen LogP contribution in [-0.2, 0) is 0 Å². The number of phenolic OH excluding ortho intramolecular Hbond substituents is 2. The molecule has 18 heavy (non-hydrogen) atoms. The van der Waals surface area contributed by atoms with Gasteiger partial charge in [0.05, 0.1) is 9.85 Å². The predicted octanol–water partition coefficient (Wildman–Crippen LogP) is 2.07. The molecular weight excluding hydrogens is 244 g/mol. The Morgan fingerprint density at radius 2 is 1.11 bits per heavy atom. The van der Waals surface area contributed by atoms with Crippen molar-refractivity contribution >= 4 is 22.1 Å². The maximum Gasteiger partial charge on any atom is 0.311 e. The van der Waals surface area contributed by atoms with Crippen LogP contribution in [0.1, 0.15) is 0 Å². The Morgan fingerprint density at radius 3 is 1.39 bits per heavy atom. The Balaban J connectivity index is 2.83. The monoisotopic (exact) mass is 250 g/mol. The van der Waals surface area contributed by atoms with Crippen molar-refractivity contribution in [1.29, 1.82) is 0 Å². The van der Waals surface area contributed by atoms with Crippen LogP contribution in [0.5, 0.6) is 11.5 Å². The normalized spacial score (nSPS) is 10.4. The van der Waals surface area contributed by atoms with Gasteiger partial charge >= 0.3 is 11.4 Å². The lowest BCUT2D eigenvalue weighted by atomic mass is 10.1. The van der Waals surface area contributed by atoms with Crippen LogP contribution in [-0.4, -0.2) is 20.1 Å². The molecule has 2 rings (SSSR count). The van der Waals surface area contributed by atoms with Crippen molar-refractivity contribution in [3.8, 4) is 11.5 Å². The maximum absolute atomic E-state index is 10.6. The molecule has 2 N–H and O–H groups in total. The molecule has 0 aliphatic carbocycles. The highest BCUT2D eigenvalue weighted by Crippen LogP contribution is 2.41. The first-order valence-electron chi connectivity index (χ1n) is 4.70. The van der Waals surface area contributed by atoms with Gasteiger partial charge < -0.3 is 10.2 Å². The summed E-state index contributed by atoms with van der Waals surface area (Å²) in [5, 5.41) is 40.5. The molecule has 0 atom stereocenters. The highest BCUT2D eigenvalue weighted by molar-refractivity contribution is 5.97. The van der Waals surface area contributed by atoms with Gasteiger partial charge in [-0.25, -0.2) is 0 Å². The van der Waals surface area contributed by atoms with Crippen LogP contribution in [0, 0.1) is 20.2 Å². The summed E-state index contributed by atoms with van der Waals surface area (Å²) in [5.41, 5.74) is -1.06. The molecular formula is C10H6N2O6. The van der Waals surface area contributed by atoms with E-state index >= 15 is 0 Å². The highest BCUT2D eigenvalue weighted by Gasteiger charge is 2.22. The number of hydrogen-bond donors (Lipinski definition) is 2. The Bertz CT molecular complexity index is 622. The molecule has 0 fully saturated rings. The first kappa shape index (κ1) is 11.6. The largest absolute Gasteiger partial charge is 0.502 e. The molecule has 0 saturated heterocycles. The Labute approximate surface area is 99.0 Å². The van der Waals surface area contributed by atoms with Crippen LogP contribution >= 0.6 is 0 Å². The SMILES string of the molecule is O=[N+]([O-])c1ccc2c(O)c([N+](=O)[O-])ccc2c1O. The van der Waals surface area contributed by atoms with Crippen molar-refractivity contribution in [2.24, 2.45) is 0 Å². The fourth-order valence-electron chi connectivity index (χ4n) is 1.65. The molecule has 8 nitrogen and oxygen atoms in total. The number of phenols is 2. The second kappa shape index (κ2) is 3.84. The maximum atomic E-state index is 10.6. The molecule has 2 aromatic rings. The van der Waals surface area contributed by atoms with Gasteiger partial charge in [0.2, 0.25) is 11.5 Å². The van der Waals surface area contributed by atoms with E-state index in [4.69, 9.17) is 0 Å². The van der Waals surface area contributed by atoms with Gasteiger partial charge in [-0.05, 0) is 12.1 Å². The van der Waals surface area contributed by atoms with Gasteiger partial charge in [-0.1, -0.05) is 0 Å². The third-order valence-corrected chi connectivity index (χ3v) is 2.49. The molecule has 92 valence electrons. The molecule has 2 aromatic carbocycles. The van der Waals surface area contributed by atoms with Crippen molar-refractivity contribution in [3.05, 3.63) is 44.5 Å². The number of fused-ring (bicyclic) bond motifs is 1. The van der Waals surface area contributed by atoms with Gasteiger partial charge in [0.15, 0.2) is 0 Å². The summed E-state index contributed by atoms with van der Waals surface area (Å²) < 4.78 is 0. The topological polar surface area (TPSA) is 127 Å². The lowest BCUT2D eigenvalue weighted by Crippen LogP contribution is -1.92. The number of hydrogen-bond acceptors (Lipinski definition) is 6. The van der Waals surface area contributed by atoms with Crippen LogP contribution in [0.4, 0.5) is 11.4 Å². The van der Waals surface area contributed by atoms with E-state index in [1.165, 1.54) is 0 Å².